The largest absolute Gasteiger partial charge is 0.378 e. The van der Waals surface area contributed by atoms with Gasteiger partial charge in [0.05, 0.1) is 25.1 Å². The summed E-state index contributed by atoms with van der Waals surface area (Å²) in [6, 6.07) is -0.134. The molecule has 3 aliphatic rings. The molecule has 1 aromatic heterocycles. The van der Waals surface area contributed by atoms with Crippen LogP contribution in [0.2, 0.25) is 0 Å². The summed E-state index contributed by atoms with van der Waals surface area (Å²) in [5.41, 5.74) is 1.14. The summed E-state index contributed by atoms with van der Waals surface area (Å²) in [5.74, 6) is 1.25. The van der Waals surface area contributed by atoms with Crippen LogP contribution >= 0.6 is 0 Å². The third kappa shape index (κ3) is 1.86. The maximum atomic E-state index is 12.1. The predicted molar refractivity (Wildman–Crippen MR) is 72.0 cm³/mol. The van der Waals surface area contributed by atoms with Crippen molar-refractivity contribution in [2.75, 3.05) is 19.8 Å². The minimum atomic E-state index is -0.134. The average molecular weight is 276 g/mol. The first-order chi connectivity index (χ1) is 9.84. The minimum absolute atomic E-state index is 0.0317. The summed E-state index contributed by atoms with van der Waals surface area (Å²) in [7, 11) is 0. The van der Waals surface area contributed by atoms with Gasteiger partial charge in [0.2, 0.25) is 5.91 Å². The summed E-state index contributed by atoms with van der Waals surface area (Å²) < 4.78 is 7.74. The molecular weight excluding hydrogens is 256 g/mol. The first-order valence-corrected chi connectivity index (χ1v) is 7.53. The van der Waals surface area contributed by atoms with E-state index in [9.17, 15) is 4.79 Å². The molecule has 20 heavy (non-hydrogen) atoms. The highest BCUT2D eigenvalue weighted by Gasteiger charge is 2.43. The number of aromatic nitrogens is 2. The molecule has 3 aliphatic heterocycles. The summed E-state index contributed by atoms with van der Waals surface area (Å²) in [5, 5.41) is 3.11. The van der Waals surface area contributed by atoms with Crippen LogP contribution in [0.15, 0.2) is 6.20 Å². The van der Waals surface area contributed by atoms with Crippen LogP contribution in [-0.4, -0.2) is 46.2 Å². The standard InChI is InChI=1S/C14H20N4O2/c19-14-11-9-20-7-6-18(11)13(16-14)10-8-15-12-4-2-1-3-5-17(10)12/h8,11,13H,1-7,9H2,(H,16,19)/t11-,13?/m1/s1. The SMILES string of the molecule is O=C1NC(c2cnc3n2CCCCC3)N2CCOC[C@H]12. The van der Waals surface area contributed by atoms with Crippen molar-refractivity contribution < 1.29 is 9.53 Å². The maximum absolute atomic E-state index is 12.1. The number of hydrogen-bond acceptors (Lipinski definition) is 4. The topological polar surface area (TPSA) is 59.4 Å². The third-order valence-electron chi connectivity index (χ3n) is 4.61. The van der Waals surface area contributed by atoms with Gasteiger partial charge in [-0.25, -0.2) is 4.98 Å². The Morgan fingerprint density at radius 3 is 3.20 bits per heavy atom. The molecule has 0 aromatic carbocycles. The number of carbonyl (C=O) groups excluding carboxylic acids is 1. The van der Waals surface area contributed by atoms with E-state index >= 15 is 0 Å². The van der Waals surface area contributed by atoms with E-state index in [0.29, 0.717) is 13.2 Å². The van der Waals surface area contributed by atoms with Crippen LogP contribution in [0.1, 0.15) is 36.9 Å². The molecule has 0 spiro atoms. The van der Waals surface area contributed by atoms with Crippen LogP contribution in [0.25, 0.3) is 0 Å². The number of hydrogen-bond donors (Lipinski definition) is 1. The Kier molecular flexibility index (Phi) is 3.00. The Hall–Kier alpha value is -1.40. The van der Waals surface area contributed by atoms with Gasteiger partial charge in [-0.1, -0.05) is 6.42 Å². The lowest BCUT2D eigenvalue weighted by atomic mass is 10.2. The lowest BCUT2D eigenvalue weighted by molar-refractivity contribution is -0.125. The van der Waals surface area contributed by atoms with Crippen LogP contribution in [0.3, 0.4) is 0 Å². The quantitative estimate of drug-likeness (QED) is 0.808. The first-order valence-electron chi connectivity index (χ1n) is 7.53. The van der Waals surface area contributed by atoms with Gasteiger partial charge in [0, 0.05) is 19.5 Å². The molecule has 1 unspecified atom stereocenters. The fourth-order valence-electron chi connectivity index (χ4n) is 3.54. The molecule has 2 saturated heterocycles. The van der Waals surface area contributed by atoms with Crippen molar-refractivity contribution in [3.8, 4) is 0 Å². The fourth-order valence-corrected chi connectivity index (χ4v) is 3.54. The molecule has 2 fully saturated rings. The number of fused-ring (bicyclic) bond motifs is 2. The second-order valence-electron chi connectivity index (χ2n) is 5.80. The zero-order chi connectivity index (χ0) is 13.5. The Labute approximate surface area is 118 Å². The monoisotopic (exact) mass is 276 g/mol. The Bertz CT molecular complexity index is 527. The number of amides is 1. The zero-order valence-corrected chi connectivity index (χ0v) is 11.5. The molecule has 0 aliphatic carbocycles. The van der Waals surface area contributed by atoms with E-state index in [0.717, 1.165) is 25.2 Å². The maximum Gasteiger partial charge on any atom is 0.241 e. The molecule has 2 atom stereocenters. The van der Waals surface area contributed by atoms with Gasteiger partial charge >= 0.3 is 0 Å². The number of nitrogens with zero attached hydrogens (tertiary/aromatic N) is 3. The van der Waals surface area contributed by atoms with E-state index in [1.165, 1.54) is 25.1 Å². The molecule has 0 radical (unpaired) electrons. The smallest absolute Gasteiger partial charge is 0.241 e. The summed E-state index contributed by atoms with van der Waals surface area (Å²) in [4.78, 5) is 18.9. The fraction of sp³-hybridized carbons (Fsp3) is 0.714. The number of nitrogens with one attached hydrogen (secondary N) is 1. The van der Waals surface area contributed by atoms with Gasteiger partial charge in [-0.15, -0.1) is 0 Å². The third-order valence-corrected chi connectivity index (χ3v) is 4.61. The van der Waals surface area contributed by atoms with E-state index in [1.807, 2.05) is 6.20 Å². The molecule has 4 rings (SSSR count). The summed E-state index contributed by atoms with van der Waals surface area (Å²) >= 11 is 0. The van der Waals surface area contributed by atoms with E-state index in [-0.39, 0.29) is 18.1 Å². The van der Waals surface area contributed by atoms with Gasteiger partial charge < -0.3 is 14.6 Å². The van der Waals surface area contributed by atoms with Gasteiger partial charge in [0.15, 0.2) is 0 Å². The van der Waals surface area contributed by atoms with E-state index in [2.05, 4.69) is 19.8 Å². The highest BCUT2D eigenvalue weighted by Crippen LogP contribution is 2.30. The number of aryl methyl sites for hydroxylation is 1. The van der Waals surface area contributed by atoms with Crippen molar-refractivity contribution in [1.82, 2.24) is 19.8 Å². The second-order valence-corrected chi connectivity index (χ2v) is 5.80. The van der Waals surface area contributed by atoms with Crippen LogP contribution in [0, 0.1) is 0 Å². The van der Waals surface area contributed by atoms with Crippen molar-refractivity contribution in [2.24, 2.45) is 0 Å². The summed E-state index contributed by atoms with van der Waals surface area (Å²) in [6.45, 7) is 3.02. The molecule has 6 heteroatoms. The first kappa shape index (κ1) is 12.3. The minimum Gasteiger partial charge on any atom is -0.378 e. The van der Waals surface area contributed by atoms with Crippen LogP contribution < -0.4 is 5.32 Å². The molecule has 1 aromatic rings. The Morgan fingerprint density at radius 1 is 1.30 bits per heavy atom. The molecule has 6 nitrogen and oxygen atoms in total. The molecule has 1 amide bonds. The van der Waals surface area contributed by atoms with Crippen molar-refractivity contribution in [2.45, 2.75) is 44.4 Å². The normalized spacial score (nSPS) is 30.5. The molecule has 0 bridgehead atoms. The van der Waals surface area contributed by atoms with Crippen LogP contribution in [0.4, 0.5) is 0 Å². The lowest BCUT2D eigenvalue weighted by Crippen LogP contribution is -2.44. The number of imidazole rings is 1. The molecule has 0 saturated carbocycles. The van der Waals surface area contributed by atoms with E-state index < -0.39 is 0 Å². The number of morpholine rings is 1. The number of rotatable bonds is 1. The molecule has 4 heterocycles. The van der Waals surface area contributed by atoms with Gasteiger partial charge in [-0.2, -0.15) is 0 Å². The Morgan fingerprint density at radius 2 is 2.25 bits per heavy atom. The van der Waals surface area contributed by atoms with Crippen molar-refractivity contribution in [3.05, 3.63) is 17.7 Å². The molecule has 108 valence electrons. The molecular formula is C14H20N4O2. The van der Waals surface area contributed by atoms with Gasteiger partial charge in [-0.3, -0.25) is 9.69 Å². The van der Waals surface area contributed by atoms with E-state index in [1.54, 1.807) is 0 Å². The van der Waals surface area contributed by atoms with Crippen LogP contribution in [-0.2, 0) is 22.5 Å². The zero-order valence-electron chi connectivity index (χ0n) is 11.5. The predicted octanol–water partition coefficient (Wildman–Crippen LogP) is 0.439. The van der Waals surface area contributed by atoms with Gasteiger partial charge in [0.1, 0.15) is 18.0 Å². The summed E-state index contributed by atoms with van der Waals surface area (Å²) in [6.07, 6.45) is 6.64. The average Bonchev–Trinajstić information content (AvgIpc) is 2.92. The highest BCUT2D eigenvalue weighted by molar-refractivity contribution is 5.84. The number of carbonyl (C=O) groups is 1. The molecule has 1 N–H and O–H groups in total. The van der Waals surface area contributed by atoms with Crippen LogP contribution in [0.5, 0.6) is 0 Å². The van der Waals surface area contributed by atoms with Gasteiger partial charge in [0.25, 0.3) is 0 Å². The van der Waals surface area contributed by atoms with Gasteiger partial charge in [-0.05, 0) is 12.8 Å². The lowest BCUT2D eigenvalue weighted by Gasteiger charge is -2.31. The Balaban J connectivity index is 1.67. The highest BCUT2D eigenvalue weighted by atomic mass is 16.5. The van der Waals surface area contributed by atoms with E-state index in [4.69, 9.17) is 4.74 Å². The van der Waals surface area contributed by atoms with Crippen molar-refractivity contribution in [3.63, 3.8) is 0 Å². The number of ether oxygens (including phenoxy) is 1. The van der Waals surface area contributed by atoms with Crippen molar-refractivity contribution >= 4 is 5.91 Å². The van der Waals surface area contributed by atoms with Crippen molar-refractivity contribution in [1.29, 1.82) is 0 Å². The second kappa shape index (κ2) is 4.86.